The van der Waals surface area contributed by atoms with Gasteiger partial charge in [-0.05, 0) is 29.8 Å². The Bertz CT molecular complexity index is 1020. The van der Waals surface area contributed by atoms with Crippen molar-refractivity contribution in [2.45, 2.75) is 6.54 Å². The lowest BCUT2D eigenvalue weighted by molar-refractivity contribution is 0.0342. The Balaban J connectivity index is 1.40. The van der Waals surface area contributed by atoms with Gasteiger partial charge in [-0.15, -0.1) is 0 Å². The van der Waals surface area contributed by atoms with Crippen LogP contribution in [0.2, 0.25) is 0 Å². The molecule has 9 nitrogen and oxygen atoms in total. The van der Waals surface area contributed by atoms with Gasteiger partial charge in [0, 0.05) is 38.4 Å². The number of aromatic nitrogens is 2. The van der Waals surface area contributed by atoms with Crippen molar-refractivity contribution in [1.82, 2.24) is 14.7 Å². The molecular formula is C21H23N5O4. The Morgan fingerprint density at radius 1 is 1.07 bits per heavy atom. The number of hydrogen-bond donors (Lipinski definition) is 2. The van der Waals surface area contributed by atoms with Crippen molar-refractivity contribution in [3.63, 3.8) is 0 Å². The molecule has 1 aliphatic rings. The topological polar surface area (TPSA) is 102 Å². The van der Waals surface area contributed by atoms with E-state index in [2.05, 4.69) is 20.6 Å². The minimum absolute atomic E-state index is 0.180. The molecule has 1 aromatic carbocycles. The third-order valence-corrected chi connectivity index (χ3v) is 4.79. The van der Waals surface area contributed by atoms with Crippen LogP contribution in [-0.4, -0.2) is 52.8 Å². The minimum Gasteiger partial charge on any atom is -0.459 e. The lowest BCUT2D eigenvalue weighted by Crippen LogP contribution is -2.35. The highest BCUT2D eigenvalue weighted by Gasteiger charge is 2.17. The van der Waals surface area contributed by atoms with Gasteiger partial charge in [-0.25, -0.2) is 0 Å². The molecule has 2 N–H and O–H groups in total. The molecule has 9 heteroatoms. The molecule has 30 heavy (non-hydrogen) atoms. The number of furan rings is 1. The van der Waals surface area contributed by atoms with Crippen molar-refractivity contribution >= 4 is 23.3 Å². The van der Waals surface area contributed by atoms with E-state index in [0.29, 0.717) is 11.5 Å². The minimum atomic E-state index is -0.411. The van der Waals surface area contributed by atoms with E-state index in [1.807, 2.05) is 24.3 Å². The number of amides is 2. The molecule has 0 atom stereocenters. The highest BCUT2D eigenvalue weighted by molar-refractivity contribution is 6.05. The predicted molar refractivity (Wildman–Crippen MR) is 110 cm³/mol. The number of nitrogens with one attached hydrogen (secondary N) is 2. The standard InChI is InChI=1S/C21H23N5O4/c1-25-19(23-21(28)18-6-3-9-30-18)13-17(24-25)20(27)22-16-5-2-4-15(12-16)14-26-7-10-29-11-8-26/h2-6,9,12-13H,7-8,10-11,14H2,1H3,(H,22,27)(H,23,28). The van der Waals surface area contributed by atoms with E-state index >= 15 is 0 Å². The molecule has 0 saturated carbocycles. The Morgan fingerprint density at radius 3 is 2.67 bits per heavy atom. The SMILES string of the molecule is Cn1nc(C(=O)Nc2cccc(CN3CCOCC3)c2)cc1NC(=O)c1ccco1. The molecule has 0 bridgehead atoms. The van der Waals surface area contributed by atoms with E-state index in [1.165, 1.54) is 17.0 Å². The molecular weight excluding hydrogens is 386 g/mol. The Labute approximate surface area is 173 Å². The van der Waals surface area contributed by atoms with Crippen LogP contribution in [0.3, 0.4) is 0 Å². The van der Waals surface area contributed by atoms with E-state index in [4.69, 9.17) is 9.15 Å². The average Bonchev–Trinajstić information content (AvgIpc) is 3.40. The average molecular weight is 409 g/mol. The number of nitrogens with zero attached hydrogens (tertiary/aromatic N) is 3. The van der Waals surface area contributed by atoms with E-state index in [1.54, 1.807) is 19.2 Å². The summed E-state index contributed by atoms with van der Waals surface area (Å²) >= 11 is 0. The maximum absolute atomic E-state index is 12.7. The molecule has 2 amide bonds. The third kappa shape index (κ3) is 4.76. The summed E-state index contributed by atoms with van der Waals surface area (Å²) in [4.78, 5) is 27.1. The summed E-state index contributed by atoms with van der Waals surface area (Å²) in [5.41, 5.74) is 2.01. The van der Waals surface area contributed by atoms with Crippen LogP contribution in [0.5, 0.6) is 0 Å². The van der Waals surface area contributed by atoms with Crippen molar-refractivity contribution < 1.29 is 18.7 Å². The zero-order valence-electron chi connectivity index (χ0n) is 16.6. The van der Waals surface area contributed by atoms with Crippen molar-refractivity contribution in [2.24, 2.45) is 7.05 Å². The first-order valence-electron chi connectivity index (χ1n) is 9.68. The number of rotatable bonds is 6. The van der Waals surface area contributed by atoms with Gasteiger partial charge in [0.15, 0.2) is 11.5 Å². The van der Waals surface area contributed by atoms with E-state index < -0.39 is 5.91 Å². The number of carbonyl (C=O) groups excluding carboxylic acids is 2. The molecule has 2 aromatic heterocycles. The summed E-state index contributed by atoms with van der Waals surface area (Å²) in [6, 6.07) is 12.5. The lowest BCUT2D eigenvalue weighted by Gasteiger charge is -2.26. The Morgan fingerprint density at radius 2 is 1.90 bits per heavy atom. The van der Waals surface area contributed by atoms with Crippen LogP contribution in [0.1, 0.15) is 26.6 Å². The zero-order valence-corrected chi connectivity index (χ0v) is 16.6. The van der Waals surface area contributed by atoms with Gasteiger partial charge >= 0.3 is 0 Å². The van der Waals surface area contributed by atoms with Gasteiger partial charge in [0.05, 0.1) is 19.5 Å². The summed E-state index contributed by atoms with van der Waals surface area (Å²) in [6.45, 7) is 4.09. The molecule has 4 rings (SSSR count). The Kier molecular flexibility index (Phi) is 5.92. The predicted octanol–water partition coefficient (Wildman–Crippen LogP) is 2.35. The van der Waals surface area contributed by atoms with Crippen molar-refractivity contribution in [1.29, 1.82) is 0 Å². The van der Waals surface area contributed by atoms with Gasteiger partial charge in [0.25, 0.3) is 11.8 Å². The number of anilines is 2. The smallest absolute Gasteiger partial charge is 0.292 e. The molecule has 156 valence electrons. The molecule has 1 fully saturated rings. The second kappa shape index (κ2) is 8.93. The van der Waals surface area contributed by atoms with Gasteiger partial charge in [-0.1, -0.05) is 12.1 Å². The number of carbonyl (C=O) groups is 2. The zero-order chi connectivity index (χ0) is 20.9. The fraction of sp³-hybridized carbons (Fsp3) is 0.286. The number of ether oxygens (including phenoxy) is 1. The first-order valence-corrected chi connectivity index (χ1v) is 9.68. The van der Waals surface area contributed by atoms with Crippen LogP contribution in [0.25, 0.3) is 0 Å². The van der Waals surface area contributed by atoms with Crippen molar-refractivity contribution in [2.75, 3.05) is 36.9 Å². The van der Waals surface area contributed by atoms with Gasteiger partial charge in [-0.2, -0.15) is 5.10 Å². The highest BCUT2D eigenvalue weighted by atomic mass is 16.5. The summed E-state index contributed by atoms with van der Waals surface area (Å²) in [7, 11) is 1.65. The number of benzene rings is 1. The monoisotopic (exact) mass is 409 g/mol. The fourth-order valence-corrected chi connectivity index (χ4v) is 3.24. The molecule has 0 aliphatic carbocycles. The number of aryl methyl sites for hydroxylation is 1. The van der Waals surface area contributed by atoms with E-state index in [-0.39, 0.29) is 17.4 Å². The third-order valence-electron chi connectivity index (χ3n) is 4.79. The van der Waals surface area contributed by atoms with Crippen LogP contribution in [0, 0.1) is 0 Å². The van der Waals surface area contributed by atoms with Crippen molar-refractivity contribution in [3.05, 3.63) is 65.7 Å². The summed E-state index contributed by atoms with van der Waals surface area (Å²) in [6.07, 6.45) is 1.42. The molecule has 0 spiro atoms. The van der Waals surface area contributed by atoms with Crippen LogP contribution in [0.4, 0.5) is 11.5 Å². The van der Waals surface area contributed by atoms with Gasteiger partial charge in [0.1, 0.15) is 5.82 Å². The Hall–Kier alpha value is -3.43. The van der Waals surface area contributed by atoms with E-state index in [0.717, 1.165) is 38.4 Å². The summed E-state index contributed by atoms with van der Waals surface area (Å²) in [5.74, 6) is -0.194. The fourth-order valence-electron chi connectivity index (χ4n) is 3.24. The summed E-state index contributed by atoms with van der Waals surface area (Å²) < 4.78 is 11.9. The molecule has 0 unspecified atom stereocenters. The lowest BCUT2D eigenvalue weighted by atomic mass is 10.1. The molecule has 1 saturated heterocycles. The molecule has 3 heterocycles. The normalized spacial score (nSPS) is 14.4. The second-order valence-electron chi connectivity index (χ2n) is 7.01. The number of hydrogen-bond acceptors (Lipinski definition) is 6. The van der Waals surface area contributed by atoms with Gasteiger partial charge in [0.2, 0.25) is 0 Å². The second-order valence-corrected chi connectivity index (χ2v) is 7.01. The largest absolute Gasteiger partial charge is 0.459 e. The van der Waals surface area contributed by atoms with Gasteiger partial charge < -0.3 is 19.8 Å². The first kappa shape index (κ1) is 19.9. The quantitative estimate of drug-likeness (QED) is 0.648. The molecule has 1 aliphatic heterocycles. The van der Waals surface area contributed by atoms with Crippen LogP contribution < -0.4 is 10.6 Å². The van der Waals surface area contributed by atoms with E-state index in [9.17, 15) is 9.59 Å². The van der Waals surface area contributed by atoms with Crippen LogP contribution in [0.15, 0.2) is 53.1 Å². The molecule has 0 radical (unpaired) electrons. The number of morpholine rings is 1. The highest BCUT2D eigenvalue weighted by Crippen LogP contribution is 2.16. The maximum atomic E-state index is 12.7. The summed E-state index contributed by atoms with van der Waals surface area (Å²) in [5, 5.41) is 9.74. The van der Waals surface area contributed by atoms with Crippen molar-refractivity contribution in [3.8, 4) is 0 Å². The van der Waals surface area contributed by atoms with Crippen LogP contribution in [-0.2, 0) is 18.3 Å². The van der Waals surface area contributed by atoms with Gasteiger partial charge in [-0.3, -0.25) is 19.2 Å². The van der Waals surface area contributed by atoms with Crippen LogP contribution >= 0.6 is 0 Å². The molecule has 3 aromatic rings. The maximum Gasteiger partial charge on any atom is 0.292 e. The first-order chi connectivity index (χ1) is 14.6.